The topological polar surface area (TPSA) is 58.1 Å². The lowest BCUT2D eigenvalue weighted by Crippen LogP contribution is -2.56. The van der Waals surface area contributed by atoms with Gasteiger partial charge in [0.05, 0.1) is 11.3 Å². The highest BCUT2D eigenvalue weighted by Crippen LogP contribution is 2.42. The Labute approximate surface area is 192 Å². The smallest absolute Gasteiger partial charge is 0.354 e. The SMILES string of the molecule is Cc1nc(-c2ccc(C(F)(F)F)cc2)cc(C2CN3CCC2CC3CNC(=O)C(C)(C)C)n1. The van der Waals surface area contributed by atoms with E-state index in [1.807, 2.05) is 33.8 Å². The van der Waals surface area contributed by atoms with Crippen molar-refractivity contribution >= 4 is 5.91 Å². The number of hydrogen-bond acceptors (Lipinski definition) is 4. The fraction of sp³-hybridized carbons (Fsp3) is 0.560. The maximum atomic E-state index is 12.9. The lowest BCUT2D eigenvalue weighted by Gasteiger charge is -2.50. The number of nitrogens with zero attached hydrogens (tertiary/aromatic N) is 3. The summed E-state index contributed by atoms with van der Waals surface area (Å²) in [6.45, 7) is 10.1. The van der Waals surface area contributed by atoms with Crippen LogP contribution in [-0.4, -0.2) is 46.5 Å². The molecule has 2 aromatic rings. The van der Waals surface area contributed by atoms with Gasteiger partial charge in [-0.3, -0.25) is 9.69 Å². The molecule has 1 amide bonds. The van der Waals surface area contributed by atoms with Gasteiger partial charge in [-0.1, -0.05) is 32.9 Å². The van der Waals surface area contributed by atoms with E-state index in [0.29, 0.717) is 35.6 Å². The predicted molar refractivity (Wildman–Crippen MR) is 120 cm³/mol. The summed E-state index contributed by atoms with van der Waals surface area (Å²) >= 11 is 0. The van der Waals surface area contributed by atoms with Gasteiger partial charge in [-0.15, -0.1) is 0 Å². The Bertz CT molecular complexity index is 1010. The van der Waals surface area contributed by atoms with Crippen LogP contribution in [0.15, 0.2) is 30.3 Å². The van der Waals surface area contributed by atoms with E-state index in [1.54, 1.807) is 0 Å². The van der Waals surface area contributed by atoms with Crippen LogP contribution in [0.5, 0.6) is 0 Å². The van der Waals surface area contributed by atoms with Gasteiger partial charge in [-0.25, -0.2) is 9.97 Å². The zero-order valence-electron chi connectivity index (χ0n) is 19.5. The molecule has 4 heterocycles. The van der Waals surface area contributed by atoms with Crippen molar-refractivity contribution in [3.05, 3.63) is 47.4 Å². The summed E-state index contributed by atoms with van der Waals surface area (Å²) in [6.07, 6.45) is -2.29. The summed E-state index contributed by atoms with van der Waals surface area (Å²) in [4.78, 5) is 23.9. The van der Waals surface area contributed by atoms with Gasteiger partial charge in [0.15, 0.2) is 0 Å². The van der Waals surface area contributed by atoms with Crippen molar-refractivity contribution in [1.29, 1.82) is 0 Å². The molecule has 4 unspecified atom stereocenters. The molecular formula is C25H31F3N4O. The van der Waals surface area contributed by atoms with Crippen molar-refractivity contribution in [3.8, 4) is 11.3 Å². The number of hydrogen-bond donors (Lipinski definition) is 1. The molecule has 3 saturated heterocycles. The van der Waals surface area contributed by atoms with Crippen LogP contribution >= 0.6 is 0 Å². The van der Waals surface area contributed by atoms with E-state index in [1.165, 1.54) is 12.1 Å². The van der Waals surface area contributed by atoms with E-state index in [4.69, 9.17) is 4.98 Å². The Morgan fingerprint density at radius 3 is 2.42 bits per heavy atom. The van der Waals surface area contributed by atoms with E-state index in [-0.39, 0.29) is 11.8 Å². The van der Waals surface area contributed by atoms with Gasteiger partial charge < -0.3 is 5.32 Å². The quantitative estimate of drug-likeness (QED) is 0.711. The van der Waals surface area contributed by atoms with Crippen molar-refractivity contribution in [3.63, 3.8) is 0 Å². The minimum absolute atomic E-state index is 0.0642. The normalized spacial score (nSPS) is 25.2. The zero-order valence-corrected chi connectivity index (χ0v) is 19.5. The van der Waals surface area contributed by atoms with Gasteiger partial charge in [0.2, 0.25) is 5.91 Å². The van der Waals surface area contributed by atoms with Gasteiger partial charge in [0, 0.05) is 41.7 Å². The molecule has 3 fully saturated rings. The molecule has 4 atom stereocenters. The predicted octanol–water partition coefficient (Wildman–Crippen LogP) is 4.81. The highest BCUT2D eigenvalue weighted by atomic mass is 19.4. The van der Waals surface area contributed by atoms with Crippen LogP contribution < -0.4 is 5.32 Å². The molecule has 3 aliphatic rings. The molecule has 1 aromatic heterocycles. The van der Waals surface area contributed by atoms with Crippen LogP contribution in [0.3, 0.4) is 0 Å². The second-order valence-corrected chi connectivity index (χ2v) is 10.3. The maximum Gasteiger partial charge on any atom is 0.416 e. The van der Waals surface area contributed by atoms with E-state index < -0.39 is 17.2 Å². The third-order valence-electron chi connectivity index (χ3n) is 6.80. The number of aromatic nitrogens is 2. The summed E-state index contributed by atoms with van der Waals surface area (Å²) in [5.41, 5.74) is 1.18. The number of halogens is 3. The van der Waals surface area contributed by atoms with Crippen molar-refractivity contribution < 1.29 is 18.0 Å². The van der Waals surface area contributed by atoms with Crippen LogP contribution in [0, 0.1) is 18.3 Å². The first-order valence-electron chi connectivity index (χ1n) is 11.5. The molecule has 0 saturated carbocycles. The van der Waals surface area contributed by atoms with Gasteiger partial charge in [-0.05, 0) is 50.4 Å². The number of nitrogens with one attached hydrogen (secondary N) is 1. The minimum atomic E-state index is -4.36. The molecule has 0 spiro atoms. The van der Waals surface area contributed by atoms with Crippen molar-refractivity contribution in [1.82, 2.24) is 20.2 Å². The average Bonchev–Trinajstić information content (AvgIpc) is 2.76. The Balaban J connectivity index is 1.49. The van der Waals surface area contributed by atoms with Crippen LogP contribution in [-0.2, 0) is 11.0 Å². The van der Waals surface area contributed by atoms with Crippen molar-refractivity contribution in [2.24, 2.45) is 11.3 Å². The van der Waals surface area contributed by atoms with E-state index in [9.17, 15) is 18.0 Å². The molecule has 1 N–H and O–H groups in total. The number of carbonyl (C=O) groups is 1. The molecule has 2 bridgehead atoms. The third kappa shape index (κ3) is 5.21. The van der Waals surface area contributed by atoms with E-state index in [2.05, 4.69) is 15.2 Å². The lowest BCUT2D eigenvalue weighted by atomic mass is 9.74. The number of carbonyl (C=O) groups excluding carboxylic acids is 1. The van der Waals surface area contributed by atoms with E-state index >= 15 is 0 Å². The van der Waals surface area contributed by atoms with E-state index in [0.717, 1.165) is 43.8 Å². The first-order valence-corrected chi connectivity index (χ1v) is 11.5. The minimum Gasteiger partial charge on any atom is -0.354 e. The second kappa shape index (κ2) is 8.70. The number of benzene rings is 1. The van der Waals surface area contributed by atoms with Crippen molar-refractivity contribution in [2.45, 2.75) is 58.7 Å². The van der Waals surface area contributed by atoms with Crippen LogP contribution in [0.25, 0.3) is 11.3 Å². The number of fused-ring (bicyclic) bond motifs is 3. The molecule has 8 heteroatoms. The van der Waals surface area contributed by atoms with Gasteiger partial charge in [0.1, 0.15) is 5.82 Å². The molecule has 5 rings (SSSR count). The molecule has 5 nitrogen and oxygen atoms in total. The number of alkyl halides is 3. The van der Waals surface area contributed by atoms with Crippen molar-refractivity contribution in [2.75, 3.05) is 19.6 Å². The zero-order chi connectivity index (χ0) is 24.0. The molecule has 1 aromatic carbocycles. The molecule has 0 radical (unpaired) electrons. The number of amides is 1. The number of piperidine rings is 3. The van der Waals surface area contributed by atoms with Gasteiger partial charge in [0.25, 0.3) is 0 Å². The van der Waals surface area contributed by atoms with Crippen LogP contribution in [0.4, 0.5) is 13.2 Å². The summed E-state index contributed by atoms with van der Waals surface area (Å²) in [5, 5.41) is 3.10. The summed E-state index contributed by atoms with van der Waals surface area (Å²) in [6, 6.07) is 7.38. The highest BCUT2D eigenvalue weighted by molar-refractivity contribution is 5.81. The Morgan fingerprint density at radius 1 is 1.15 bits per heavy atom. The molecule has 0 aliphatic carbocycles. The van der Waals surface area contributed by atoms with Gasteiger partial charge in [-0.2, -0.15) is 13.2 Å². The molecule has 33 heavy (non-hydrogen) atoms. The summed E-state index contributed by atoms with van der Waals surface area (Å²) in [7, 11) is 0. The summed E-state index contributed by atoms with van der Waals surface area (Å²) in [5.74, 6) is 1.40. The second-order valence-electron chi connectivity index (χ2n) is 10.3. The Kier molecular flexibility index (Phi) is 6.24. The fourth-order valence-electron chi connectivity index (χ4n) is 4.92. The highest BCUT2D eigenvalue weighted by Gasteiger charge is 2.41. The third-order valence-corrected chi connectivity index (χ3v) is 6.80. The fourth-order valence-corrected chi connectivity index (χ4v) is 4.92. The Morgan fingerprint density at radius 2 is 1.85 bits per heavy atom. The molecule has 178 valence electrons. The lowest BCUT2D eigenvalue weighted by molar-refractivity contribution is -0.137. The first kappa shape index (κ1) is 23.7. The first-order chi connectivity index (χ1) is 15.4. The monoisotopic (exact) mass is 460 g/mol. The Hall–Kier alpha value is -2.48. The number of aryl methyl sites for hydroxylation is 1. The molecular weight excluding hydrogens is 429 g/mol. The maximum absolute atomic E-state index is 12.9. The van der Waals surface area contributed by atoms with Crippen LogP contribution in [0.2, 0.25) is 0 Å². The molecule has 3 aliphatic heterocycles. The number of rotatable bonds is 4. The average molecular weight is 461 g/mol. The standard InChI is InChI=1S/C25H31F3N4O/c1-15-30-21(16-5-7-18(8-6-16)25(26,27)28)12-22(31-15)20-14-32-10-9-17(20)11-19(32)13-29-23(33)24(2,3)4/h5-8,12,17,19-20H,9-11,13-14H2,1-4H3,(H,29,33). The van der Waals surface area contributed by atoms with Crippen LogP contribution in [0.1, 0.15) is 56.6 Å². The van der Waals surface area contributed by atoms with Gasteiger partial charge >= 0.3 is 6.18 Å². The summed E-state index contributed by atoms with van der Waals surface area (Å²) < 4.78 is 38.7. The largest absolute Gasteiger partial charge is 0.416 e.